The first-order valence-corrected chi connectivity index (χ1v) is 20.2. The summed E-state index contributed by atoms with van der Waals surface area (Å²) >= 11 is 6.11. The van der Waals surface area contributed by atoms with Crippen LogP contribution in [0.4, 0.5) is 5.82 Å². The van der Waals surface area contributed by atoms with E-state index in [1.807, 2.05) is 0 Å². The summed E-state index contributed by atoms with van der Waals surface area (Å²) in [7, 11) is -10.3. The molecule has 1 aliphatic heterocycles. The van der Waals surface area contributed by atoms with Gasteiger partial charge in [-0.15, -0.1) is 11.6 Å². The van der Waals surface area contributed by atoms with Gasteiger partial charge >= 0.3 is 45.2 Å². The number of aliphatic hydroxyl groups excluding tert-OH is 2. The monoisotopic (exact) mass is 766 g/mol. The van der Waals surface area contributed by atoms with Gasteiger partial charge in [0.2, 0.25) is 0 Å². The Morgan fingerprint density at radius 2 is 1.45 bits per heavy atom. The van der Waals surface area contributed by atoms with Gasteiger partial charge in [-0.05, 0) is 6.42 Å². The van der Waals surface area contributed by atoms with Gasteiger partial charge in [0.15, 0.2) is 17.7 Å². The van der Waals surface area contributed by atoms with E-state index in [1.54, 1.807) is 0 Å². The van der Waals surface area contributed by atoms with Crippen LogP contribution in [0, 0.1) is 0 Å². The first-order valence-electron chi connectivity index (χ1n) is 16.8. The summed E-state index contributed by atoms with van der Waals surface area (Å²) < 4.78 is 50.9. The van der Waals surface area contributed by atoms with Crippen LogP contribution in [-0.2, 0) is 32.0 Å². The van der Waals surface area contributed by atoms with Crippen LogP contribution in [0.2, 0.25) is 0 Å². The summed E-state index contributed by atoms with van der Waals surface area (Å²) in [5, 5.41) is 20.1. The number of hydrogen-bond donors (Lipinski definition) is 5. The Balaban J connectivity index is 0.00000833. The average molecular weight is 767 g/mol. The third-order valence-corrected chi connectivity index (χ3v) is 10.8. The van der Waals surface area contributed by atoms with Gasteiger partial charge in [0.25, 0.3) is 0 Å². The summed E-state index contributed by atoms with van der Waals surface area (Å²) in [6, 6.07) is 0. The molecule has 276 valence electrons. The predicted molar refractivity (Wildman–Crippen MR) is 179 cm³/mol. The number of phosphoric acid groups is 2. The van der Waals surface area contributed by atoms with Gasteiger partial charge in [-0.2, -0.15) is 4.31 Å². The van der Waals surface area contributed by atoms with E-state index in [0.717, 1.165) is 19.3 Å². The van der Waals surface area contributed by atoms with E-state index in [9.17, 15) is 29.1 Å². The number of hydrogen-bond acceptors (Lipinski definition) is 13. The van der Waals surface area contributed by atoms with Crippen molar-refractivity contribution >= 4 is 44.2 Å². The van der Waals surface area contributed by atoms with E-state index in [4.69, 9.17) is 35.9 Å². The minimum Gasteiger partial charge on any atom is -0.387 e. The van der Waals surface area contributed by atoms with Crippen molar-refractivity contribution in [3.63, 3.8) is 0 Å². The number of alkyl halides is 1. The molecule has 1 saturated heterocycles. The number of nitrogens with zero attached hydrogens (tertiary/aromatic N) is 4. The standard InChI is InChI=1S/C29H52ClN5O11P2.Na/c1-2-3-4-5-6-7-8-9-10-11-12-13-14-15-16-42-17-22(30)18-43-47(38,39)46-48(40,41)44-19-23-25(36)26(37)29(45-23)35-21-34-24-27(31)32-20-33-28(24)35;/h20-23,25-26,29,36-37H,2-19H2,1H3,(H,38,39)(H,40,41)(H2,31,32,33);/q;+1. The largest absolute Gasteiger partial charge is 1.00 e. The second-order valence-electron chi connectivity index (χ2n) is 12.0. The molecule has 0 spiro atoms. The van der Waals surface area contributed by atoms with Crippen molar-refractivity contribution in [2.24, 2.45) is 0 Å². The molecule has 3 rings (SSSR count). The summed E-state index contributed by atoms with van der Waals surface area (Å²) in [5.41, 5.74) is 6.23. The first kappa shape index (κ1) is 44.9. The third-order valence-electron chi connectivity index (χ3n) is 7.97. The SMILES string of the molecule is CCCCCCCCCCCCCCCCOCC(Cl)COP(=O)(O)OP(=O)(O)OCC1OC(n2cnc3c(N)ncnc32)C(O)C1O.[Na+]. The number of ether oxygens (including phenoxy) is 2. The third kappa shape index (κ3) is 16.1. The van der Waals surface area contributed by atoms with Crippen molar-refractivity contribution in [1.29, 1.82) is 0 Å². The minimum atomic E-state index is -5.19. The van der Waals surface area contributed by atoms with Crippen LogP contribution < -0.4 is 35.3 Å². The molecule has 0 bridgehead atoms. The van der Waals surface area contributed by atoms with Crippen molar-refractivity contribution in [3.05, 3.63) is 12.7 Å². The fourth-order valence-corrected chi connectivity index (χ4v) is 7.69. The zero-order valence-corrected chi connectivity index (χ0v) is 33.1. The number of nitrogen functional groups attached to an aromatic ring is 1. The predicted octanol–water partition coefficient (Wildman–Crippen LogP) is 2.39. The summed E-state index contributed by atoms with van der Waals surface area (Å²) in [6.45, 7) is 1.47. The van der Waals surface area contributed by atoms with E-state index in [1.165, 1.54) is 87.9 Å². The molecule has 7 unspecified atom stereocenters. The summed E-state index contributed by atoms with van der Waals surface area (Å²) in [4.78, 5) is 31.9. The summed E-state index contributed by atoms with van der Waals surface area (Å²) in [5.74, 6) is 0.0916. The number of phosphoric ester groups is 2. The molecule has 1 fully saturated rings. The second kappa shape index (κ2) is 23.4. The van der Waals surface area contributed by atoms with Crippen LogP contribution in [0.15, 0.2) is 12.7 Å². The smallest absolute Gasteiger partial charge is 0.387 e. The van der Waals surface area contributed by atoms with Crippen molar-refractivity contribution in [2.75, 3.05) is 32.2 Å². The molecule has 20 heteroatoms. The molecule has 0 aliphatic carbocycles. The van der Waals surface area contributed by atoms with Crippen LogP contribution in [0.25, 0.3) is 11.2 Å². The van der Waals surface area contributed by atoms with Crippen LogP contribution in [-0.4, -0.2) is 89.6 Å². The Kier molecular flexibility index (Phi) is 21.5. The van der Waals surface area contributed by atoms with Crippen LogP contribution in [0.5, 0.6) is 0 Å². The van der Waals surface area contributed by atoms with E-state index in [-0.39, 0.29) is 53.1 Å². The van der Waals surface area contributed by atoms with Crippen LogP contribution >= 0.6 is 27.2 Å². The Morgan fingerprint density at radius 3 is 2.06 bits per heavy atom. The molecule has 6 N–H and O–H groups in total. The molecule has 0 saturated carbocycles. The average Bonchev–Trinajstić information content (AvgIpc) is 3.59. The first-order chi connectivity index (χ1) is 22.9. The maximum Gasteiger partial charge on any atom is 1.00 e. The van der Waals surface area contributed by atoms with Crippen LogP contribution in [0.1, 0.15) is 103 Å². The summed E-state index contributed by atoms with van der Waals surface area (Å²) in [6.07, 6.45) is 14.3. The molecule has 0 amide bonds. The zero-order valence-electron chi connectivity index (χ0n) is 28.6. The van der Waals surface area contributed by atoms with E-state index in [0.29, 0.717) is 6.61 Å². The normalized spacial score (nSPS) is 22.5. The van der Waals surface area contributed by atoms with Gasteiger partial charge < -0.3 is 35.2 Å². The molecule has 2 aromatic heterocycles. The molecule has 49 heavy (non-hydrogen) atoms. The van der Waals surface area contributed by atoms with E-state index >= 15 is 0 Å². The minimum absolute atomic E-state index is 0. The Bertz CT molecular complexity index is 1320. The van der Waals surface area contributed by atoms with Crippen molar-refractivity contribution < 1.29 is 81.5 Å². The second-order valence-corrected chi connectivity index (χ2v) is 15.7. The fourth-order valence-electron chi connectivity index (χ4n) is 5.33. The molecular weight excluding hydrogens is 715 g/mol. The van der Waals surface area contributed by atoms with Gasteiger partial charge in [0.1, 0.15) is 30.2 Å². The molecule has 7 atom stereocenters. The molecule has 0 aromatic carbocycles. The van der Waals surface area contributed by atoms with Gasteiger partial charge in [-0.3, -0.25) is 13.6 Å². The number of halogens is 1. The number of fused-ring (bicyclic) bond motifs is 1. The number of rotatable bonds is 26. The maximum absolute atomic E-state index is 12.4. The Hall–Kier alpha value is -0.260. The van der Waals surface area contributed by atoms with Gasteiger partial charge in [0.05, 0.1) is 31.5 Å². The molecule has 0 radical (unpaired) electrons. The fraction of sp³-hybridized carbons (Fsp3) is 0.828. The Labute approximate surface area is 315 Å². The Morgan fingerprint density at radius 1 is 0.878 bits per heavy atom. The van der Waals surface area contributed by atoms with Crippen molar-refractivity contribution in [3.8, 4) is 0 Å². The van der Waals surface area contributed by atoms with E-state index < -0.39 is 58.8 Å². The zero-order chi connectivity index (χ0) is 35.0. The van der Waals surface area contributed by atoms with E-state index in [2.05, 4.69) is 26.2 Å². The number of nitrogens with two attached hydrogens (primary N) is 1. The number of unbranched alkanes of at least 4 members (excludes halogenated alkanes) is 13. The van der Waals surface area contributed by atoms with Gasteiger partial charge in [-0.1, -0.05) is 90.4 Å². The molecular formula is C29H52ClN5NaO11P2+. The van der Waals surface area contributed by atoms with Gasteiger partial charge in [-0.25, -0.2) is 24.1 Å². The van der Waals surface area contributed by atoms with Crippen molar-refractivity contribution in [1.82, 2.24) is 19.5 Å². The molecule has 2 aromatic rings. The number of aromatic nitrogens is 4. The number of aliphatic hydroxyl groups is 2. The molecule has 3 heterocycles. The number of anilines is 1. The topological polar surface area (TPSA) is 231 Å². The van der Waals surface area contributed by atoms with Gasteiger partial charge in [0, 0.05) is 6.61 Å². The quantitative estimate of drug-likeness (QED) is 0.0401. The van der Waals surface area contributed by atoms with Crippen LogP contribution in [0.3, 0.4) is 0 Å². The molecule has 16 nitrogen and oxygen atoms in total. The number of imidazole rings is 1. The maximum atomic E-state index is 12.4. The molecule has 1 aliphatic rings. The van der Waals surface area contributed by atoms with Crippen molar-refractivity contribution in [2.45, 2.75) is 127 Å².